The molecular weight excluding hydrogens is 594 g/mol. The first kappa shape index (κ1) is 28.6. The Kier molecular flexibility index (Phi) is 7.52. The number of rotatable bonds is 7. The van der Waals surface area contributed by atoms with E-state index in [9.17, 15) is 14.4 Å². The minimum absolute atomic E-state index is 0.186. The van der Waals surface area contributed by atoms with Gasteiger partial charge < -0.3 is 9.47 Å². The maximum Gasteiger partial charge on any atom is 0.351 e. The van der Waals surface area contributed by atoms with Crippen LogP contribution in [0.15, 0.2) is 58.0 Å². The van der Waals surface area contributed by atoms with E-state index in [0.717, 1.165) is 16.8 Å². The van der Waals surface area contributed by atoms with E-state index in [-0.39, 0.29) is 11.6 Å². The molecule has 220 valence electrons. The molecule has 6 rings (SSSR count). The summed E-state index contributed by atoms with van der Waals surface area (Å²) >= 11 is 7.53. The zero-order chi connectivity index (χ0) is 30.3. The third kappa shape index (κ3) is 5.77. The second-order valence-corrected chi connectivity index (χ2v) is 12.5. The first-order valence-electron chi connectivity index (χ1n) is 13.4. The SMILES string of the molecule is CC(C)(C)C(=O)OCOC(=O)c1cc(C2=CN=C([C@@H]3CCc4nc(-c5cc(Cl)ccc5-n5cnnn5)cc(=O)n43)C2)cs1. The minimum Gasteiger partial charge on any atom is -0.427 e. The molecule has 1 atom stereocenters. The fourth-order valence-corrected chi connectivity index (χ4v) is 5.94. The molecule has 2 aliphatic rings. The summed E-state index contributed by atoms with van der Waals surface area (Å²) < 4.78 is 13.3. The van der Waals surface area contributed by atoms with Crippen LogP contribution < -0.4 is 5.56 Å². The summed E-state index contributed by atoms with van der Waals surface area (Å²) in [7, 11) is 0. The van der Waals surface area contributed by atoms with Gasteiger partial charge in [-0.15, -0.1) is 16.4 Å². The summed E-state index contributed by atoms with van der Waals surface area (Å²) in [5, 5.41) is 13.7. The van der Waals surface area contributed by atoms with Gasteiger partial charge in [0, 0.05) is 41.4 Å². The Hall–Kier alpha value is -4.49. The van der Waals surface area contributed by atoms with Crippen LogP contribution in [0.5, 0.6) is 0 Å². The van der Waals surface area contributed by atoms with Crippen molar-refractivity contribution in [1.82, 2.24) is 29.8 Å². The van der Waals surface area contributed by atoms with Gasteiger partial charge in [-0.05, 0) is 78.4 Å². The molecule has 5 heterocycles. The number of esters is 2. The Balaban J connectivity index is 1.15. The number of hydrogen-bond donors (Lipinski definition) is 0. The lowest BCUT2D eigenvalue weighted by Crippen LogP contribution is -2.28. The van der Waals surface area contributed by atoms with Crippen molar-refractivity contribution in [2.45, 2.75) is 46.1 Å². The molecule has 0 unspecified atom stereocenters. The second kappa shape index (κ2) is 11.3. The standard InChI is InChI=1S/C29H26ClN7O5S/c1-29(2,3)28(40)42-15-41-27(39)24-9-17(13-43-24)16-8-21(31-12-16)23-6-7-25-33-20(11-26(38)37(23)25)19-10-18(30)4-5-22(19)36-14-32-34-35-36/h4-5,9-14,23H,6-8,15H2,1-3H3/t23-/m0/s1. The van der Waals surface area contributed by atoms with Crippen LogP contribution in [0.1, 0.15) is 60.7 Å². The van der Waals surface area contributed by atoms with Crippen molar-refractivity contribution in [2.24, 2.45) is 10.4 Å². The van der Waals surface area contributed by atoms with E-state index in [4.69, 9.17) is 26.1 Å². The number of fused-ring (bicyclic) bond motifs is 1. The van der Waals surface area contributed by atoms with Gasteiger partial charge >= 0.3 is 11.9 Å². The lowest BCUT2D eigenvalue weighted by atomic mass is 9.98. The maximum absolute atomic E-state index is 13.5. The highest BCUT2D eigenvalue weighted by Gasteiger charge is 2.32. The van der Waals surface area contributed by atoms with Crippen molar-refractivity contribution in [2.75, 3.05) is 6.79 Å². The molecule has 12 nitrogen and oxygen atoms in total. The van der Waals surface area contributed by atoms with Crippen LogP contribution in [0, 0.1) is 5.41 Å². The van der Waals surface area contributed by atoms with Crippen molar-refractivity contribution < 1.29 is 19.1 Å². The van der Waals surface area contributed by atoms with Crippen LogP contribution in [-0.4, -0.2) is 54.2 Å². The average Bonchev–Trinajstić information content (AvgIpc) is 3.78. The Morgan fingerprint density at radius 1 is 1.16 bits per heavy atom. The number of halogens is 1. The van der Waals surface area contributed by atoms with Gasteiger partial charge in [-0.2, -0.15) is 4.68 Å². The zero-order valence-corrected chi connectivity index (χ0v) is 25.1. The van der Waals surface area contributed by atoms with Crippen molar-refractivity contribution >= 4 is 46.2 Å². The molecule has 4 aromatic rings. The van der Waals surface area contributed by atoms with Crippen LogP contribution in [0.2, 0.25) is 5.02 Å². The summed E-state index contributed by atoms with van der Waals surface area (Å²) in [5.74, 6) is -0.358. The highest BCUT2D eigenvalue weighted by molar-refractivity contribution is 7.12. The Labute approximate surface area is 254 Å². The third-order valence-electron chi connectivity index (χ3n) is 7.11. The zero-order valence-electron chi connectivity index (χ0n) is 23.5. The summed E-state index contributed by atoms with van der Waals surface area (Å²) in [4.78, 5) is 47.7. The quantitative estimate of drug-likeness (QED) is 0.213. The highest BCUT2D eigenvalue weighted by atomic mass is 35.5. The van der Waals surface area contributed by atoms with Crippen LogP contribution >= 0.6 is 22.9 Å². The molecular formula is C29H26ClN7O5S. The van der Waals surface area contributed by atoms with Gasteiger partial charge in [0.2, 0.25) is 6.79 Å². The number of aromatic nitrogens is 6. The number of tetrazole rings is 1. The van der Waals surface area contributed by atoms with Gasteiger partial charge in [0.05, 0.1) is 22.8 Å². The molecule has 14 heteroatoms. The lowest BCUT2D eigenvalue weighted by Gasteiger charge is -2.16. The van der Waals surface area contributed by atoms with E-state index in [2.05, 4.69) is 20.5 Å². The second-order valence-electron chi connectivity index (χ2n) is 11.1. The van der Waals surface area contributed by atoms with E-state index in [1.807, 2.05) is 5.38 Å². The average molecular weight is 620 g/mol. The molecule has 2 aliphatic heterocycles. The molecule has 0 aliphatic carbocycles. The number of carbonyl (C=O) groups excluding carboxylic acids is 2. The Morgan fingerprint density at radius 3 is 2.77 bits per heavy atom. The van der Waals surface area contributed by atoms with Crippen LogP contribution in [0.3, 0.4) is 0 Å². The Morgan fingerprint density at radius 2 is 2.00 bits per heavy atom. The third-order valence-corrected chi connectivity index (χ3v) is 8.26. The van der Waals surface area contributed by atoms with E-state index in [0.29, 0.717) is 51.9 Å². The molecule has 1 aromatic carbocycles. The summed E-state index contributed by atoms with van der Waals surface area (Å²) in [5.41, 5.74) is 3.54. The van der Waals surface area contributed by atoms with Gasteiger partial charge in [-0.1, -0.05) is 11.6 Å². The molecule has 0 spiro atoms. The highest BCUT2D eigenvalue weighted by Crippen LogP contribution is 2.35. The van der Waals surface area contributed by atoms with Crippen molar-refractivity contribution in [1.29, 1.82) is 0 Å². The number of allylic oxidation sites excluding steroid dienone is 1. The first-order valence-corrected chi connectivity index (χ1v) is 14.7. The van der Waals surface area contributed by atoms with Gasteiger partial charge in [-0.3, -0.25) is 19.1 Å². The van der Waals surface area contributed by atoms with Crippen molar-refractivity contribution in [3.63, 3.8) is 0 Å². The van der Waals surface area contributed by atoms with E-state index >= 15 is 0 Å². The number of aryl methyl sites for hydroxylation is 1. The van der Waals surface area contributed by atoms with Gasteiger partial charge in [0.15, 0.2) is 0 Å². The molecule has 0 radical (unpaired) electrons. The van der Waals surface area contributed by atoms with E-state index in [1.165, 1.54) is 28.4 Å². The number of carbonyl (C=O) groups is 2. The van der Waals surface area contributed by atoms with Crippen LogP contribution in [-0.2, 0) is 20.7 Å². The number of thiophene rings is 1. The molecule has 0 saturated carbocycles. The predicted molar refractivity (Wildman–Crippen MR) is 159 cm³/mol. The molecule has 0 amide bonds. The number of nitrogens with zero attached hydrogens (tertiary/aromatic N) is 7. The molecule has 3 aromatic heterocycles. The van der Waals surface area contributed by atoms with Crippen LogP contribution in [0.25, 0.3) is 22.5 Å². The van der Waals surface area contributed by atoms with Crippen LogP contribution in [0.4, 0.5) is 0 Å². The monoisotopic (exact) mass is 619 g/mol. The first-order chi connectivity index (χ1) is 20.6. The van der Waals surface area contributed by atoms with Gasteiger partial charge in [0.1, 0.15) is 17.0 Å². The number of hydrogen-bond acceptors (Lipinski definition) is 11. The number of benzene rings is 1. The Bertz CT molecular complexity index is 1850. The fourth-order valence-electron chi connectivity index (χ4n) is 4.95. The maximum atomic E-state index is 13.5. The topological polar surface area (TPSA) is 143 Å². The number of aliphatic imine (C=N–C) groups is 1. The van der Waals surface area contributed by atoms with Gasteiger partial charge in [0.25, 0.3) is 5.56 Å². The van der Waals surface area contributed by atoms with Crippen molar-refractivity contribution in [3.8, 4) is 16.9 Å². The molecule has 0 bridgehead atoms. The van der Waals surface area contributed by atoms with E-state index < -0.39 is 24.1 Å². The largest absolute Gasteiger partial charge is 0.427 e. The molecule has 0 saturated heterocycles. The molecule has 0 N–H and O–H groups in total. The van der Waals surface area contributed by atoms with Gasteiger partial charge in [-0.25, -0.2) is 9.78 Å². The predicted octanol–water partition coefficient (Wildman–Crippen LogP) is 4.68. The van der Waals surface area contributed by atoms with E-state index in [1.54, 1.807) is 55.8 Å². The summed E-state index contributed by atoms with van der Waals surface area (Å²) in [6, 6.07) is 8.26. The number of ether oxygens (including phenoxy) is 2. The smallest absolute Gasteiger partial charge is 0.351 e. The minimum atomic E-state index is -0.686. The molecule has 0 fully saturated rings. The lowest BCUT2D eigenvalue weighted by molar-refractivity contribution is -0.161. The summed E-state index contributed by atoms with van der Waals surface area (Å²) in [6.07, 6.45) is 5.07. The normalized spacial score (nSPS) is 16.0. The fraction of sp³-hybridized carbons (Fsp3) is 0.310. The summed E-state index contributed by atoms with van der Waals surface area (Å²) in [6.45, 7) is 4.72. The molecule has 43 heavy (non-hydrogen) atoms. The van der Waals surface area contributed by atoms with Crippen molar-refractivity contribution in [3.05, 3.63) is 79.9 Å².